The number of benzene rings is 1. The third kappa shape index (κ3) is 3.57. The molecule has 21 heavy (non-hydrogen) atoms. The van der Waals surface area contributed by atoms with Crippen LogP contribution in [0.25, 0.3) is 0 Å². The molecule has 8 heteroatoms. The van der Waals surface area contributed by atoms with Crippen LogP contribution in [-0.2, 0) is 9.59 Å². The predicted octanol–water partition coefficient (Wildman–Crippen LogP) is 2.13. The Morgan fingerprint density at radius 1 is 1.52 bits per heavy atom. The third-order valence-corrected chi connectivity index (χ3v) is 4.03. The first-order valence-corrected chi connectivity index (χ1v) is 7.20. The van der Waals surface area contributed by atoms with E-state index in [9.17, 15) is 19.7 Å². The van der Waals surface area contributed by atoms with Crippen molar-refractivity contribution in [2.45, 2.75) is 19.8 Å². The maximum atomic E-state index is 12.1. The van der Waals surface area contributed by atoms with Crippen molar-refractivity contribution in [3.05, 3.63) is 32.3 Å². The normalized spacial score (nSPS) is 18.0. The van der Waals surface area contributed by atoms with Gasteiger partial charge in [0.15, 0.2) is 0 Å². The molecule has 1 fully saturated rings. The fourth-order valence-electron chi connectivity index (χ4n) is 2.15. The van der Waals surface area contributed by atoms with Gasteiger partial charge in [-0.2, -0.15) is 0 Å². The standard InChI is InChI=1S/C13H14BrN3O4/c1-7-4-9(14)10(5-11(7)17(20)21)16-13(19)8-2-3-12(18)15-6-8/h4-5,8H,2-3,6H2,1H3,(H,15,18)(H,16,19). The van der Waals surface area contributed by atoms with Gasteiger partial charge in [-0.25, -0.2) is 0 Å². The summed E-state index contributed by atoms with van der Waals surface area (Å²) in [5.74, 6) is -0.644. The lowest BCUT2D eigenvalue weighted by molar-refractivity contribution is -0.385. The molecule has 1 unspecified atom stereocenters. The molecule has 0 saturated carbocycles. The van der Waals surface area contributed by atoms with Crippen LogP contribution in [0.1, 0.15) is 18.4 Å². The van der Waals surface area contributed by atoms with Crippen LogP contribution < -0.4 is 10.6 Å². The Bertz CT molecular complexity index is 608. The molecule has 1 aliphatic rings. The van der Waals surface area contributed by atoms with Gasteiger partial charge in [0.1, 0.15) is 0 Å². The minimum absolute atomic E-state index is 0.0505. The van der Waals surface area contributed by atoms with Crippen molar-refractivity contribution in [2.24, 2.45) is 5.92 Å². The lowest BCUT2D eigenvalue weighted by Crippen LogP contribution is -2.40. The summed E-state index contributed by atoms with van der Waals surface area (Å²) in [6.45, 7) is 1.92. The van der Waals surface area contributed by atoms with E-state index in [0.29, 0.717) is 28.6 Å². The fraction of sp³-hybridized carbons (Fsp3) is 0.385. The average Bonchev–Trinajstić information content (AvgIpc) is 2.42. The summed E-state index contributed by atoms with van der Waals surface area (Å²) in [5.41, 5.74) is 0.814. The van der Waals surface area contributed by atoms with Crippen LogP contribution in [0, 0.1) is 23.0 Å². The molecule has 1 aliphatic heterocycles. The van der Waals surface area contributed by atoms with Crippen molar-refractivity contribution in [3.8, 4) is 0 Å². The SMILES string of the molecule is Cc1cc(Br)c(NC(=O)C2CCC(=O)NC2)cc1[N+](=O)[O-]. The molecule has 1 aromatic rings. The van der Waals surface area contributed by atoms with Gasteiger partial charge >= 0.3 is 0 Å². The first-order valence-electron chi connectivity index (χ1n) is 6.40. The van der Waals surface area contributed by atoms with Crippen LogP contribution in [-0.4, -0.2) is 23.3 Å². The number of nitrogens with one attached hydrogen (secondary N) is 2. The highest BCUT2D eigenvalue weighted by Crippen LogP contribution is 2.31. The highest BCUT2D eigenvalue weighted by Gasteiger charge is 2.25. The number of halogens is 1. The van der Waals surface area contributed by atoms with Gasteiger partial charge < -0.3 is 10.6 Å². The van der Waals surface area contributed by atoms with E-state index >= 15 is 0 Å². The number of carbonyl (C=O) groups is 2. The topological polar surface area (TPSA) is 101 Å². The van der Waals surface area contributed by atoms with Crippen LogP contribution in [0.4, 0.5) is 11.4 Å². The zero-order valence-electron chi connectivity index (χ0n) is 11.3. The van der Waals surface area contributed by atoms with E-state index in [1.54, 1.807) is 13.0 Å². The van der Waals surface area contributed by atoms with Gasteiger partial charge in [0.05, 0.1) is 16.5 Å². The molecule has 0 bridgehead atoms. The van der Waals surface area contributed by atoms with E-state index in [0.717, 1.165) is 0 Å². The number of anilines is 1. The number of nitro groups is 1. The minimum atomic E-state index is -0.488. The van der Waals surface area contributed by atoms with E-state index in [4.69, 9.17) is 0 Å². The number of hydrogen-bond donors (Lipinski definition) is 2. The molecular weight excluding hydrogens is 342 g/mol. The fourth-order valence-corrected chi connectivity index (χ4v) is 2.70. The molecule has 2 amide bonds. The zero-order valence-corrected chi connectivity index (χ0v) is 12.9. The lowest BCUT2D eigenvalue weighted by Gasteiger charge is -2.21. The third-order valence-electron chi connectivity index (χ3n) is 3.38. The Hall–Kier alpha value is -1.96. The maximum absolute atomic E-state index is 12.1. The predicted molar refractivity (Wildman–Crippen MR) is 79.9 cm³/mol. The average molecular weight is 356 g/mol. The van der Waals surface area contributed by atoms with Gasteiger partial charge in [-0.3, -0.25) is 19.7 Å². The van der Waals surface area contributed by atoms with E-state index < -0.39 is 4.92 Å². The summed E-state index contributed by atoms with van der Waals surface area (Å²) in [5, 5.41) is 16.2. The monoisotopic (exact) mass is 355 g/mol. The molecule has 1 heterocycles. The van der Waals surface area contributed by atoms with E-state index in [-0.39, 0.29) is 30.0 Å². The molecule has 2 N–H and O–H groups in total. The summed E-state index contributed by atoms with van der Waals surface area (Å²) < 4.78 is 0.582. The maximum Gasteiger partial charge on any atom is 0.274 e. The number of rotatable bonds is 3. The van der Waals surface area contributed by atoms with Gasteiger partial charge in [0.2, 0.25) is 11.8 Å². The number of aryl methyl sites for hydroxylation is 1. The van der Waals surface area contributed by atoms with Crippen molar-refractivity contribution in [2.75, 3.05) is 11.9 Å². The van der Waals surface area contributed by atoms with Gasteiger partial charge in [0, 0.05) is 29.1 Å². The van der Waals surface area contributed by atoms with Crippen LogP contribution in [0.15, 0.2) is 16.6 Å². The smallest absolute Gasteiger partial charge is 0.274 e. The van der Waals surface area contributed by atoms with Crippen molar-refractivity contribution in [1.82, 2.24) is 5.32 Å². The number of nitrogens with zero attached hydrogens (tertiary/aromatic N) is 1. The van der Waals surface area contributed by atoms with Crippen molar-refractivity contribution >= 4 is 39.1 Å². The number of amides is 2. The Morgan fingerprint density at radius 2 is 2.24 bits per heavy atom. The first-order chi connectivity index (χ1) is 9.88. The molecule has 1 saturated heterocycles. The molecule has 7 nitrogen and oxygen atoms in total. The van der Waals surface area contributed by atoms with Crippen LogP contribution in [0.3, 0.4) is 0 Å². The summed E-state index contributed by atoms with van der Waals surface area (Å²) in [4.78, 5) is 33.7. The number of carbonyl (C=O) groups excluding carboxylic acids is 2. The summed E-state index contributed by atoms with van der Waals surface area (Å²) >= 11 is 3.29. The Kier molecular flexibility index (Phi) is 4.56. The molecule has 0 spiro atoms. The Morgan fingerprint density at radius 3 is 2.81 bits per heavy atom. The van der Waals surface area contributed by atoms with Crippen LogP contribution >= 0.6 is 15.9 Å². The van der Waals surface area contributed by atoms with E-state index in [2.05, 4.69) is 26.6 Å². The number of piperidine rings is 1. The minimum Gasteiger partial charge on any atom is -0.355 e. The van der Waals surface area contributed by atoms with Crippen molar-refractivity contribution in [1.29, 1.82) is 0 Å². The molecular formula is C13H14BrN3O4. The van der Waals surface area contributed by atoms with Gasteiger partial charge in [-0.05, 0) is 35.3 Å². The largest absolute Gasteiger partial charge is 0.355 e. The quantitative estimate of drug-likeness (QED) is 0.640. The van der Waals surface area contributed by atoms with Crippen molar-refractivity contribution < 1.29 is 14.5 Å². The van der Waals surface area contributed by atoms with Gasteiger partial charge in [0.25, 0.3) is 5.69 Å². The molecule has 112 valence electrons. The first kappa shape index (κ1) is 15.4. The number of nitro benzene ring substituents is 1. The van der Waals surface area contributed by atoms with Gasteiger partial charge in [-0.15, -0.1) is 0 Å². The summed E-state index contributed by atoms with van der Waals surface area (Å²) in [6, 6.07) is 2.93. The highest BCUT2D eigenvalue weighted by molar-refractivity contribution is 9.10. The summed E-state index contributed by atoms with van der Waals surface area (Å²) in [7, 11) is 0. The van der Waals surface area contributed by atoms with Crippen molar-refractivity contribution in [3.63, 3.8) is 0 Å². The molecule has 2 rings (SSSR count). The Labute approximate surface area is 129 Å². The second-order valence-electron chi connectivity index (χ2n) is 4.90. The van der Waals surface area contributed by atoms with Crippen LogP contribution in [0.2, 0.25) is 0 Å². The van der Waals surface area contributed by atoms with E-state index in [1.165, 1.54) is 6.07 Å². The lowest BCUT2D eigenvalue weighted by atomic mass is 9.98. The van der Waals surface area contributed by atoms with Crippen LogP contribution in [0.5, 0.6) is 0 Å². The number of hydrogen-bond acceptors (Lipinski definition) is 4. The summed E-state index contributed by atoms with van der Waals surface area (Å²) in [6.07, 6.45) is 0.788. The molecule has 1 atom stereocenters. The van der Waals surface area contributed by atoms with Gasteiger partial charge in [-0.1, -0.05) is 0 Å². The Balaban J connectivity index is 2.15. The highest BCUT2D eigenvalue weighted by atomic mass is 79.9. The molecule has 1 aromatic carbocycles. The van der Waals surface area contributed by atoms with E-state index in [1.807, 2.05) is 0 Å². The second kappa shape index (κ2) is 6.21. The zero-order chi connectivity index (χ0) is 15.6. The second-order valence-corrected chi connectivity index (χ2v) is 5.76. The molecule has 0 radical (unpaired) electrons. The molecule has 0 aromatic heterocycles. The molecule has 0 aliphatic carbocycles.